The van der Waals surface area contributed by atoms with Gasteiger partial charge in [0.2, 0.25) is 0 Å². The highest BCUT2D eigenvalue weighted by Crippen LogP contribution is 2.24. The molecule has 0 saturated carbocycles. The number of hydrogen-bond acceptors (Lipinski definition) is 4. The standard InChI is InChI=1S/C6H16NO3P/c1-5(2)3-6(7)4-10-11(8)9/h5-6,8-9H,3-4,7H2,1-2H3. The van der Waals surface area contributed by atoms with Gasteiger partial charge in [0.1, 0.15) is 0 Å². The average Bonchev–Trinajstić information content (AvgIpc) is 1.82. The second kappa shape index (κ2) is 5.86. The Morgan fingerprint density at radius 1 is 1.45 bits per heavy atom. The predicted octanol–water partition coefficient (Wildman–Crippen LogP) is 0.588. The van der Waals surface area contributed by atoms with Crippen molar-refractivity contribution in [2.45, 2.75) is 26.3 Å². The molecule has 0 saturated heterocycles. The number of nitrogens with two attached hydrogens (primary N) is 1. The summed E-state index contributed by atoms with van der Waals surface area (Å²) >= 11 is 0. The first-order valence-electron chi connectivity index (χ1n) is 3.58. The van der Waals surface area contributed by atoms with Crippen molar-refractivity contribution in [3.63, 3.8) is 0 Å². The zero-order chi connectivity index (χ0) is 8.85. The van der Waals surface area contributed by atoms with Gasteiger partial charge in [0, 0.05) is 6.04 Å². The summed E-state index contributed by atoms with van der Waals surface area (Å²) in [5.41, 5.74) is 5.59. The summed E-state index contributed by atoms with van der Waals surface area (Å²) in [7, 11) is -2.24. The van der Waals surface area contributed by atoms with Gasteiger partial charge in [-0.2, -0.15) is 0 Å². The summed E-state index contributed by atoms with van der Waals surface area (Å²) in [6.45, 7) is 4.33. The first-order chi connectivity index (χ1) is 5.02. The normalized spacial score (nSPS) is 14.5. The van der Waals surface area contributed by atoms with Gasteiger partial charge in [0.25, 0.3) is 0 Å². The smallest absolute Gasteiger partial charge is 0.327 e. The van der Waals surface area contributed by atoms with Crippen molar-refractivity contribution in [3.8, 4) is 0 Å². The minimum absolute atomic E-state index is 0.0979. The molecular weight excluding hydrogens is 165 g/mol. The maximum absolute atomic E-state index is 8.38. The molecule has 0 aromatic heterocycles. The Hall–Kier alpha value is 0.270. The first-order valence-corrected chi connectivity index (χ1v) is 4.75. The third-order valence-electron chi connectivity index (χ3n) is 1.18. The molecule has 0 aromatic rings. The van der Waals surface area contributed by atoms with E-state index in [9.17, 15) is 0 Å². The van der Waals surface area contributed by atoms with Crippen molar-refractivity contribution in [2.75, 3.05) is 6.61 Å². The third kappa shape index (κ3) is 8.17. The molecule has 4 N–H and O–H groups in total. The maximum atomic E-state index is 8.38. The maximum Gasteiger partial charge on any atom is 0.327 e. The molecule has 0 aromatic carbocycles. The lowest BCUT2D eigenvalue weighted by molar-refractivity contribution is 0.228. The second-order valence-electron chi connectivity index (χ2n) is 2.94. The molecule has 0 aliphatic rings. The van der Waals surface area contributed by atoms with Gasteiger partial charge in [-0.3, -0.25) is 0 Å². The van der Waals surface area contributed by atoms with Gasteiger partial charge < -0.3 is 20.0 Å². The zero-order valence-corrected chi connectivity index (χ0v) is 7.79. The van der Waals surface area contributed by atoms with Gasteiger partial charge in [0.05, 0.1) is 6.61 Å². The minimum Gasteiger partial charge on any atom is -0.328 e. The molecule has 0 heterocycles. The van der Waals surface area contributed by atoms with Crippen LogP contribution in [0.3, 0.4) is 0 Å². The summed E-state index contributed by atoms with van der Waals surface area (Å²) in [4.78, 5) is 16.8. The van der Waals surface area contributed by atoms with Crippen LogP contribution in [0.4, 0.5) is 0 Å². The molecule has 1 unspecified atom stereocenters. The minimum atomic E-state index is -2.24. The molecule has 0 spiro atoms. The van der Waals surface area contributed by atoms with E-state index in [4.69, 9.17) is 15.5 Å². The molecule has 0 amide bonds. The van der Waals surface area contributed by atoms with Gasteiger partial charge >= 0.3 is 8.60 Å². The van der Waals surface area contributed by atoms with Crippen LogP contribution in [-0.4, -0.2) is 22.4 Å². The molecule has 0 radical (unpaired) electrons. The summed E-state index contributed by atoms with van der Waals surface area (Å²) in [6, 6.07) is -0.0979. The third-order valence-corrected chi connectivity index (χ3v) is 1.56. The van der Waals surface area contributed by atoms with Crippen molar-refractivity contribution in [2.24, 2.45) is 11.7 Å². The average molecular weight is 181 g/mol. The molecule has 0 aliphatic carbocycles. The molecule has 11 heavy (non-hydrogen) atoms. The first kappa shape index (κ1) is 11.3. The van der Waals surface area contributed by atoms with Crippen LogP contribution >= 0.6 is 8.60 Å². The Morgan fingerprint density at radius 3 is 2.36 bits per heavy atom. The van der Waals surface area contributed by atoms with Crippen LogP contribution < -0.4 is 5.73 Å². The highest BCUT2D eigenvalue weighted by molar-refractivity contribution is 7.39. The molecule has 1 atom stereocenters. The lowest BCUT2D eigenvalue weighted by Crippen LogP contribution is -2.26. The van der Waals surface area contributed by atoms with E-state index < -0.39 is 8.60 Å². The molecular formula is C6H16NO3P. The number of hydrogen-bond donors (Lipinski definition) is 3. The van der Waals surface area contributed by atoms with Crippen LogP contribution in [-0.2, 0) is 4.52 Å². The highest BCUT2D eigenvalue weighted by Gasteiger charge is 2.07. The number of rotatable bonds is 5. The fraction of sp³-hybridized carbons (Fsp3) is 1.00. The van der Waals surface area contributed by atoms with E-state index in [0.717, 1.165) is 6.42 Å². The summed E-state index contributed by atoms with van der Waals surface area (Å²) in [5.74, 6) is 0.511. The Kier molecular flexibility index (Phi) is 6.01. The van der Waals surface area contributed by atoms with E-state index in [0.29, 0.717) is 5.92 Å². The molecule has 0 rings (SSSR count). The van der Waals surface area contributed by atoms with E-state index in [1.807, 2.05) is 0 Å². The van der Waals surface area contributed by atoms with Gasteiger partial charge in [-0.15, -0.1) is 0 Å². The SMILES string of the molecule is CC(C)CC(N)COP(O)O. The summed E-state index contributed by atoms with van der Waals surface area (Å²) in [5, 5.41) is 0. The molecule has 0 bridgehead atoms. The van der Waals surface area contributed by atoms with Crippen molar-refractivity contribution in [3.05, 3.63) is 0 Å². The van der Waals surface area contributed by atoms with Crippen molar-refractivity contribution >= 4 is 8.60 Å². The van der Waals surface area contributed by atoms with E-state index in [1.54, 1.807) is 0 Å². The van der Waals surface area contributed by atoms with E-state index in [-0.39, 0.29) is 12.6 Å². The molecule has 5 heteroatoms. The quantitative estimate of drug-likeness (QED) is 0.542. The molecule has 4 nitrogen and oxygen atoms in total. The van der Waals surface area contributed by atoms with Crippen LogP contribution in [0.5, 0.6) is 0 Å². The van der Waals surface area contributed by atoms with E-state index >= 15 is 0 Å². The van der Waals surface area contributed by atoms with Gasteiger partial charge in [-0.05, 0) is 12.3 Å². The van der Waals surface area contributed by atoms with E-state index in [1.165, 1.54) is 0 Å². The van der Waals surface area contributed by atoms with Crippen molar-refractivity contribution < 1.29 is 14.3 Å². The monoisotopic (exact) mass is 181 g/mol. The fourth-order valence-electron chi connectivity index (χ4n) is 0.836. The molecule has 68 valence electrons. The lowest BCUT2D eigenvalue weighted by atomic mass is 10.1. The van der Waals surface area contributed by atoms with Gasteiger partial charge in [-0.25, -0.2) is 0 Å². The van der Waals surface area contributed by atoms with Gasteiger partial charge in [0.15, 0.2) is 0 Å². The summed E-state index contributed by atoms with van der Waals surface area (Å²) < 4.78 is 4.56. The van der Waals surface area contributed by atoms with Gasteiger partial charge in [-0.1, -0.05) is 13.8 Å². The zero-order valence-electron chi connectivity index (χ0n) is 6.90. The van der Waals surface area contributed by atoms with Crippen LogP contribution in [0.15, 0.2) is 0 Å². The highest BCUT2D eigenvalue weighted by atomic mass is 31.2. The second-order valence-corrected chi connectivity index (χ2v) is 3.70. The van der Waals surface area contributed by atoms with Crippen molar-refractivity contribution in [1.82, 2.24) is 0 Å². The molecule has 0 fully saturated rings. The largest absolute Gasteiger partial charge is 0.328 e. The summed E-state index contributed by atoms with van der Waals surface area (Å²) in [6.07, 6.45) is 0.836. The Morgan fingerprint density at radius 2 is 2.00 bits per heavy atom. The lowest BCUT2D eigenvalue weighted by Gasteiger charge is -2.13. The van der Waals surface area contributed by atoms with E-state index in [2.05, 4.69) is 18.4 Å². The Balaban J connectivity index is 3.29. The predicted molar refractivity (Wildman–Crippen MR) is 44.7 cm³/mol. The van der Waals surface area contributed by atoms with Crippen LogP contribution in [0.25, 0.3) is 0 Å². The molecule has 0 aliphatic heterocycles. The Labute approximate surface area is 68.4 Å². The fourth-order valence-corrected chi connectivity index (χ4v) is 1.16. The topological polar surface area (TPSA) is 75.7 Å². The van der Waals surface area contributed by atoms with Crippen molar-refractivity contribution in [1.29, 1.82) is 0 Å². The van der Waals surface area contributed by atoms with Crippen LogP contribution in [0, 0.1) is 5.92 Å². The van der Waals surface area contributed by atoms with Crippen LogP contribution in [0.2, 0.25) is 0 Å². The Bertz CT molecular complexity index is 99.8. The van der Waals surface area contributed by atoms with Crippen LogP contribution in [0.1, 0.15) is 20.3 Å².